The molecule has 0 unspecified atom stereocenters. The molecule has 0 radical (unpaired) electrons. The molecule has 1 aromatic rings. The van der Waals surface area contributed by atoms with Crippen molar-refractivity contribution in [1.29, 1.82) is 0 Å². The largest absolute Gasteiger partial charge is 0.339 e. The molecule has 0 aliphatic carbocycles. The molecule has 0 heterocycles. The summed E-state index contributed by atoms with van der Waals surface area (Å²) in [6.07, 6.45) is 1.01. The van der Waals surface area contributed by atoms with Crippen LogP contribution in [0.3, 0.4) is 0 Å². The Balaban J connectivity index is 0.00000106. The maximum atomic E-state index is 11.3. The first-order valence-electron chi connectivity index (χ1n) is 6.03. The van der Waals surface area contributed by atoms with Gasteiger partial charge in [-0.1, -0.05) is 51.1 Å². The number of hydrogen-bond donors (Lipinski definition) is 0. The first-order valence-corrected chi connectivity index (χ1v) is 6.03. The van der Waals surface area contributed by atoms with Crippen LogP contribution >= 0.6 is 0 Å². The summed E-state index contributed by atoms with van der Waals surface area (Å²) in [5.41, 5.74) is 1.19. The fraction of sp³-hybridized carbons (Fsp3) is 0.500. The van der Waals surface area contributed by atoms with E-state index < -0.39 is 0 Å². The maximum Gasteiger partial charge on any atom is 0.219 e. The van der Waals surface area contributed by atoms with E-state index in [0.29, 0.717) is 0 Å². The first-order chi connectivity index (χ1) is 7.74. The minimum atomic E-state index is 0.149. The van der Waals surface area contributed by atoms with Crippen molar-refractivity contribution in [3.63, 3.8) is 0 Å². The zero-order chi connectivity index (χ0) is 12.4. The molecule has 2 nitrogen and oxygen atoms in total. The second kappa shape index (κ2) is 8.96. The number of amides is 1. The summed E-state index contributed by atoms with van der Waals surface area (Å²) in [5.74, 6) is 0.149. The average Bonchev–Trinajstić information content (AvgIpc) is 2.32. The van der Waals surface area contributed by atoms with Crippen LogP contribution in [0.15, 0.2) is 30.3 Å². The van der Waals surface area contributed by atoms with Crippen LogP contribution in [0, 0.1) is 0 Å². The van der Waals surface area contributed by atoms with E-state index in [9.17, 15) is 4.79 Å². The lowest BCUT2D eigenvalue weighted by atomic mass is 10.2. The quantitative estimate of drug-likeness (QED) is 0.762. The summed E-state index contributed by atoms with van der Waals surface area (Å²) in [5, 5.41) is 0. The lowest BCUT2D eigenvalue weighted by Gasteiger charge is -2.20. The van der Waals surface area contributed by atoms with E-state index in [1.54, 1.807) is 6.92 Å². The summed E-state index contributed by atoms with van der Waals surface area (Å²) in [7, 11) is 0. The van der Waals surface area contributed by atoms with Gasteiger partial charge in [0.1, 0.15) is 0 Å². The smallest absolute Gasteiger partial charge is 0.219 e. The predicted octanol–water partition coefficient (Wildman–Crippen LogP) is 3.47. The van der Waals surface area contributed by atoms with Crippen molar-refractivity contribution < 1.29 is 4.79 Å². The Hall–Kier alpha value is -1.31. The predicted molar refractivity (Wildman–Crippen MR) is 69.2 cm³/mol. The average molecular weight is 221 g/mol. The highest BCUT2D eigenvalue weighted by atomic mass is 16.2. The molecule has 0 aromatic heterocycles. The van der Waals surface area contributed by atoms with Crippen LogP contribution in [0.5, 0.6) is 0 Å². The molecule has 0 spiro atoms. The monoisotopic (exact) mass is 221 g/mol. The van der Waals surface area contributed by atoms with Crippen LogP contribution in [-0.4, -0.2) is 17.4 Å². The molecule has 0 fully saturated rings. The standard InChI is InChI=1S/C12H17NO.C2H6/c1-3-9-13(11(2)14)10-12-7-5-4-6-8-12;1-2/h4-8H,3,9-10H2,1-2H3;1-2H3. The van der Waals surface area contributed by atoms with Gasteiger partial charge in [0, 0.05) is 20.0 Å². The maximum absolute atomic E-state index is 11.3. The highest BCUT2D eigenvalue weighted by Crippen LogP contribution is 2.04. The summed E-state index contributed by atoms with van der Waals surface area (Å²) in [4.78, 5) is 13.1. The van der Waals surface area contributed by atoms with Crippen LogP contribution in [0.1, 0.15) is 39.7 Å². The molecule has 0 bridgehead atoms. The van der Waals surface area contributed by atoms with Gasteiger partial charge in [-0.3, -0.25) is 4.79 Å². The molecule has 1 amide bonds. The minimum Gasteiger partial charge on any atom is -0.339 e. The second-order valence-corrected chi connectivity index (χ2v) is 3.43. The zero-order valence-corrected chi connectivity index (χ0v) is 10.9. The molecule has 0 saturated heterocycles. The Bertz CT molecular complexity index is 282. The van der Waals surface area contributed by atoms with Gasteiger partial charge in [-0.05, 0) is 12.0 Å². The number of carbonyl (C=O) groups excluding carboxylic acids is 1. The normalized spacial score (nSPS) is 9.00. The third kappa shape index (κ3) is 5.54. The molecule has 0 atom stereocenters. The van der Waals surface area contributed by atoms with Gasteiger partial charge in [0.15, 0.2) is 0 Å². The van der Waals surface area contributed by atoms with Gasteiger partial charge in [0.05, 0.1) is 0 Å². The number of benzene rings is 1. The van der Waals surface area contributed by atoms with Gasteiger partial charge in [0.2, 0.25) is 5.91 Å². The van der Waals surface area contributed by atoms with Crippen LogP contribution in [-0.2, 0) is 11.3 Å². The van der Waals surface area contributed by atoms with Crippen molar-refractivity contribution in [3.05, 3.63) is 35.9 Å². The van der Waals surface area contributed by atoms with Gasteiger partial charge < -0.3 is 4.90 Å². The zero-order valence-electron chi connectivity index (χ0n) is 10.9. The minimum absolute atomic E-state index is 0.149. The molecule has 1 rings (SSSR count). The van der Waals surface area contributed by atoms with Gasteiger partial charge in [0.25, 0.3) is 0 Å². The molecular weight excluding hydrogens is 198 g/mol. The summed E-state index contributed by atoms with van der Waals surface area (Å²) >= 11 is 0. The highest BCUT2D eigenvalue weighted by molar-refractivity contribution is 5.73. The van der Waals surface area contributed by atoms with Crippen LogP contribution in [0.4, 0.5) is 0 Å². The van der Waals surface area contributed by atoms with E-state index in [-0.39, 0.29) is 5.91 Å². The number of nitrogens with zero attached hydrogens (tertiary/aromatic N) is 1. The van der Waals surface area contributed by atoms with E-state index >= 15 is 0 Å². The van der Waals surface area contributed by atoms with E-state index in [2.05, 4.69) is 6.92 Å². The van der Waals surface area contributed by atoms with E-state index in [4.69, 9.17) is 0 Å². The van der Waals surface area contributed by atoms with E-state index in [0.717, 1.165) is 19.5 Å². The van der Waals surface area contributed by atoms with Crippen LogP contribution in [0.25, 0.3) is 0 Å². The highest BCUT2D eigenvalue weighted by Gasteiger charge is 2.06. The lowest BCUT2D eigenvalue weighted by Crippen LogP contribution is -2.28. The molecule has 2 heteroatoms. The van der Waals surface area contributed by atoms with Gasteiger partial charge in [-0.15, -0.1) is 0 Å². The van der Waals surface area contributed by atoms with E-state index in [1.807, 2.05) is 49.1 Å². The summed E-state index contributed by atoms with van der Waals surface area (Å²) < 4.78 is 0. The number of rotatable bonds is 4. The third-order valence-corrected chi connectivity index (χ3v) is 2.16. The van der Waals surface area contributed by atoms with E-state index in [1.165, 1.54) is 5.56 Å². The van der Waals surface area contributed by atoms with Gasteiger partial charge >= 0.3 is 0 Å². The Kier molecular flexibility index (Phi) is 8.22. The molecule has 0 aliphatic heterocycles. The summed E-state index contributed by atoms with van der Waals surface area (Å²) in [6, 6.07) is 10.1. The fourth-order valence-corrected chi connectivity index (χ4v) is 1.42. The Labute approximate surface area is 99.3 Å². The molecule has 90 valence electrons. The van der Waals surface area contributed by atoms with Crippen molar-refractivity contribution >= 4 is 5.91 Å². The van der Waals surface area contributed by atoms with Crippen LogP contribution < -0.4 is 0 Å². The third-order valence-electron chi connectivity index (χ3n) is 2.16. The Morgan fingerprint density at radius 3 is 2.19 bits per heavy atom. The van der Waals surface area contributed by atoms with Crippen molar-refractivity contribution in [2.45, 2.75) is 40.7 Å². The molecule has 16 heavy (non-hydrogen) atoms. The Morgan fingerprint density at radius 2 is 1.75 bits per heavy atom. The first kappa shape index (κ1) is 14.7. The topological polar surface area (TPSA) is 20.3 Å². The second-order valence-electron chi connectivity index (χ2n) is 3.43. The van der Waals surface area contributed by atoms with Crippen molar-refractivity contribution in [3.8, 4) is 0 Å². The van der Waals surface area contributed by atoms with Crippen molar-refractivity contribution in [2.75, 3.05) is 6.54 Å². The summed E-state index contributed by atoms with van der Waals surface area (Å²) in [6.45, 7) is 9.27. The van der Waals surface area contributed by atoms with Gasteiger partial charge in [-0.25, -0.2) is 0 Å². The number of hydrogen-bond acceptors (Lipinski definition) is 1. The molecular formula is C14H23NO. The fourth-order valence-electron chi connectivity index (χ4n) is 1.42. The van der Waals surface area contributed by atoms with Crippen molar-refractivity contribution in [2.24, 2.45) is 0 Å². The number of carbonyl (C=O) groups is 1. The van der Waals surface area contributed by atoms with Gasteiger partial charge in [-0.2, -0.15) is 0 Å². The van der Waals surface area contributed by atoms with Crippen LogP contribution in [0.2, 0.25) is 0 Å². The lowest BCUT2D eigenvalue weighted by molar-refractivity contribution is -0.129. The molecule has 0 N–H and O–H groups in total. The molecule has 0 saturated carbocycles. The Morgan fingerprint density at radius 1 is 1.19 bits per heavy atom. The molecule has 1 aromatic carbocycles. The SMILES string of the molecule is CC.CCCN(Cc1ccccc1)C(C)=O. The van der Waals surface area contributed by atoms with Crippen molar-refractivity contribution in [1.82, 2.24) is 4.90 Å². The molecule has 0 aliphatic rings.